The molecular formula is C11H12N2OS. The molecule has 1 heterocycles. The van der Waals surface area contributed by atoms with Gasteiger partial charge in [0.05, 0.1) is 12.5 Å². The Morgan fingerprint density at radius 1 is 1.33 bits per heavy atom. The van der Waals surface area contributed by atoms with Crippen molar-refractivity contribution < 1.29 is 4.79 Å². The van der Waals surface area contributed by atoms with Gasteiger partial charge in [-0.05, 0) is 24.7 Å². The third-order valence-electron chi connectivity index (χ3n) is 2.43. The Kier molecular flexibility index (Phi) is 2.68. The molecule has 1 aromatic rings. The van der Waals surface area contributed by atoms with Crippen LogP contribution in [0.3, 0.4) is 0 Å². The Morgan fingerprint density at radius 2 is 2.00 bits per heavy atom. The molecule has 1 aromatic carbocycles. The fourth-order valence-corrected chi connectivity index (χ4v) is 1.86. The van der Waals surface area contributed by atoms with Gasteiger partial charge in [-0.15, -0.1) is 0 Å². The second-order valence-corrected chi connectivity index (χ2v) is 4.10. The highest BCUT2D eigenvalue weighted by molar-refractivity contribution is 7.80. The quantitative estimate of drug-likeness (QED) is 0.703. The lowest BCUT2D eigenvalue weighted by molar-refractivity contribution is -0.120. The normalized spacial score (nSPS) is 20.7. The van der Waals surface area contributed by atoms with Gasteiger partial charge in [-0.25, -0.2) is 0 Å². The van der Waals surface area contributed by atoms with Crippen LogP contribution in [0.5, 0.6) is 0 Å². The molecule has 4 heteroatoms. The third-order valence-corrected chi connectivity index (χ3v) is 2.65. The standard InChI is InChI=1S/C11H12N2OS/c1-7-2-4-8(5-3-7)9-6-10(14)13-11(15)12-9/h2-5,9H,6H2,1H3,(H2,12,13,14,15). The van der Waals surface area contributed by atoms with Gasteiger partial charge in [-0.3, -0.25) is 4.79 Å². The van der Waals surface area contributed by atoms with E-state index < -0.39 is 0 Å². The molecule has 0 aromatic heterocycles. The molecule has 1 fully saturated rings. The Morgan fingerprint density at radius 3 is 2.60 bits per heavy atom. The SMILES string of the molecule is Cc1ccc(C2CC(=O)NC(=S)N2)cc1. The third kappa shape index (κ3) is 2.33. The highest BCUT2D eigenvalue weighted by Crippen LogP contribution is 2.19. The Balaban J connectivity index is 2.19. The van der Waals surface area contributed by atoms with Crippen LogP contribution in [0.15, 0.2) is 24.3 Å². The van der Waals surface area contributed by atoms with Gasteiger partial charge in [-0.1, -0.05) is 29.8 Å². The van der Waals surface area contributed by atoms with E-state index in [-0.39, 0.29) is 11.9 Å². The molecule has 1 aliphatic rings. The summed E-state index contributed by atoms with van der Waals surface area (Å²) in [7, 11) is 0. The number of nitrogens with one attached hydrogen (secondary N) is 2. The highest BCUT2D eigenvalue weighted by Gasteiger charge is 2.22. The number of amides is 1. The van der Waals surface area contributed by atoms with Gasteiger partial charge in [-0.2, -0.15) is 0 Å². The first-order valence-electron chi connectivity index (χ1n) is 4.82. The van der Waals surface area contributed by atoms with Crippen LogP contribution < -0.4 is 10.6 Å². The Labute approximate surface area is 93.9 Å². The average molecular weight is 220 g/mol. The predicted octanol–water partition coefficient (Wildman–Crippen LogP) is 1.43. The van der Waals surface area contributed by atoms with E-state index in [4.69, 9.17) is 12.2 Å². The number of benzene rings is 1. The molecule has 15 heavy (non-hydrogen) atoms. The summed E-state index contributed by atoms with van der Waals surface area (Å²) in [6.07, 6.45) is 0.434. The molecule has 0 bridgehead atoms. The van der Waals surface area contributed by atoms with Crippen molar-refractivity contribution in [1.82, 2.24) is 10.6 Å². The maximum atomic E-state index is 11.3. The first-order valence-corrected chi connectivity index (χ1v) is 5.23. The van der Waals surface area contributed by atoms with E-state index in [1.807, 2.05) is 31.2 Å². The highest BCUT2D eigenvalue weighted by atomic mass is 32.1. The van der Waals surface area contributed by atoms with Gasteiger partial charge in [0.25, 0.3) is 0 Å². The number of hydrogen-bond acceptors (Lipinski definition) is 2. The Hall–Kier alpha value is -1.42. The zero-order valence-electron chi connectivity index (χ0n) is 8.41. The molecule has 78 valence electrons. The van der Waals surface area contributed by atoms with Crippen LogP contribution >= 0.6 is 12.2 Å². The van der Waals surface area contributed by atoms with Crippen LogP contribution in [-0.4, -0.2) is 11.0 Å². The summed E-state index contributed by atoms with van der Waals surface area (Å²) in [5.74, 6) is -0.0238. The van der Waals surface area contributed by atoms with E-state index in [2.05, 4.69) is 10.6 Å². The summed E-state index contributed by atoms with van der Waals surface area (Å²) in [4.78, 5) is 11.3. The van der Waals surface area contributed by atoms with Gasteiger partial charge in [0, 0.05) is 0 Å². The van der Waals surface area contributed by atoms with Crippen molar-refractivity contribution >= 4 is 23.2 Å². The minimum absolute atomic E-state index is 0.00634. The first kappa shape index (κ1) is 10.1. The fraction of sp³-hybridized carbons (Fsp3) is 0.273. The fourth-order valence-electron chi connectivity index (χ4n) is 1.61. The second-order valence-electron chi connectivity index (χ2n) is 3.69. The lowest BCUT2D eigenvalue weighted by atomic mass is 10.0. The van der Waals surface area contributed by atoms with Crippen molar-refractivity contribution in [3.8, 4) is 0 Å². The van der Waals surface area contributed by atoms with Crippen molar-refractivity contribution in [2.45, 2.75) is 19.4 Å². The van der Waals surface area contributed by atoms with Crippen molar-refractivity contribution in [3.63, 3.8) is 0 Å². The molecule has 3 nitrogen and oxygen atoms in total. The van der Waals surface area contributed by atoms with Gasteiger partial charge in [0.1, 0.15) is 0 Å². The van der Waals surface area contributed by atoms with Crippen LogP contribution in [0.25, 0.3) is 0 Å². The van der Waals surface area contributed by atoms with Crippen molar-refractivity contribution in [2.75, 3.05) is 0 Å². The monoisotopic (exact) mass is 220 g/mol. The number of carbonyl (C=O) groups is 1. The summed E-state index contributed by atoms with van der Waals surface area (Å²) in [5, 5.41) is 6.07. The molecule has 0 saturated carbocycles. The summed E-state index contributed by atoms with van der Waals surface area (Å²) >= 11 is 4.94. The molecule has 1 amide bonds. The molecular weight excluding hydrogens is 208 g/mol. The lowest BCUT2D eigenvalue weighted by Gasteiger charge is -2.25. The molecule has 1 atom stereocenters. The molecule has 0 spiro atoms. The van der Waals surface area contributed by atoms with E-state index in [9.17, 15) is 4.79 Å². The zero-order valence-corrected chi connectivity index (χ0v) is 9.23. The molecule has 0 aliphatic carbocycles. The van der Waals surface area contributed by atoms with Crippen molar-refractivity contribution in [2.24, 2.45) is 0 Å². The Bertz CT molecular complexity index is 384. The molecule has 1 unspecified atom stereocenters. The molecule has 2 N–H and O–H groups in total. The summed E-state index contributed by atoms with van der Waals surface area (Å²) in [6, 6.07) is 8.12. The molecule has 0 radical (unpaired) electrons. The van der Waals surface area contributed by atoms with Crippen molar-refractivity contribution in [3.05, 3.63) is 35.4 Å². The summed E-state index contributed by atoms with van der Waals surface area (Å²) in [5.41, 5.74) is 2.30. The van der Waals surface area contributed by atoms with Gasteiger partial charge in [0.2, 0.25) is 5.91 Å². The van der Waals surface area contributed by atoms with E-state index in [0.717, 1.165) is 5.56 Å². The van der Waals surface area contributed by atoms with Gasteiger partial charge in [0.15, 0.2) is 5.11 Å². The number of hydrogen-bond donors (Lipinski definition) is 2. The molecule has 1 saturated heterocycles. The number of rotatable bonds is 1. The lowest BCUT2D eigenvalue weighted by Crippen LogP contribution is -2.47. The van der Waals surface area contributed by atoms with E-state index in [0.29, 0.717) is 11.5 Å². The minimum Gasteiger partial charge on any atom is -0.355 e. The smallest absolute Gasteiger partial charge is 0.228 e. The van der Waals surface area contributed by atoms with Crippen LogP contribution in [-0.2, 0) is 4.79 Å². The zero-order chi connectivity index (χ0) is 10.8. The number of carbonyl (C=O) groups excluding carboxylic acids is 1. The van der Waals surface area contributed by atoms with Crippen LogP contribution in [0.4, 0.5) is 0 Å². The number of thiocarbonyl (C=S) groups is 1. The summed E-state index contributed by atoms with van der Waals surface area (Å²) in [6.45, 7) is 2.04. The molecule has 1 aliphatic heterocycles. The van der Waals surface area contributed by atoms with Gasteiger partial charge >= 0.3 is 0 Å². The number of aryl methyl sites for hydroxylation is 1. The summed E-state index contributed by atoms with van der Waals surface area (Å²) < 4.78 is 0. The van der Waals surface area contributed by atoms with Crippen LogP contribution in [0, 0.1) is 6.92 Å². The van der Waals surface area contributed by atoms with E-state index in [1.54, 1.807) is 0 Å². The van der Waals surface area contributed by atoms with Crippen LogP contribution in [0.2, 0.25) is 0 Å². The minimum atomic E-state index is -0.0238. The topological polar surface area (TPSA) is 41.1 Å². The first-order chi connectivity index (χ1) is 7.15. The van der Waals surface area contributed by atoms with E-state index >= 15 is 0 Å². The van der Waals surface area contributed by atoms with E-state index in [1.165, 1.54) is 5.56 Å². The van der Waals surface area contributed by atoms with Crippen molar-refractivity contribution in [1.29, 1.82) is 0 Å². The predicted molar refractivity (Wildman–Crippen MR) is 62.4 cm³/mol. The van der Waals surface area contributed by atoms with Crippen LogP contribution in [0.1, 0.15) is 23.6 Å². The largest absolute Gasteiger partial charge is 0.355 e. The molecule has 2 rings (SSSR count). The maximum Gasteiger partial charge on any atom is 0.228 e. The maximum absolute atomic E-state index is 11.3. The average Bonchev–Trinajstić information content (AvgIpc) is 2.17. The second kappa shape index (κ2) is 3.98. The van der Waals surface area contributed by atoms with Gasteiger partial charge < -0.3 is 10.6 Å².